The van der Waals surface area contributed by atoms with Crippen LogP contribution in [0.3, 0.4) is 0 Å². The average Bonchev–Trinajstić information content (AvgIpc) is 2.99. The standard InChI is InChI=1S/C21H24N2O2S/c1-22-11-9-15(10-12-22)20-16-6-4-3-5-14(16)7-8-18-17(20)13-19(26-18)21(24)23(2)25/h3-6,13,25H,7-12H2,1-2H3. The number of carbonyl (C=O) groups excluding carboxylic acids is 1. The molecule has 2 heterocycles. The van der Waals surface area contributed by atoms with Crippen molar-refractivity contribution in [1.82, 2.24) is 9.96 Å². The summed E-state index contributed by atoms with van der Waals surface area (Å²) in [6, 6.07) is 10.7. The molecule has 4 nitrogen and oxygen atoms in total. The van der Waals surface area contributed by atoms with Crippen molar-refractivity contribution in [2.45, 2.75) is 25.7 Å². The Balaban J connectivity index is 1.88. The van der Waals surface area contributed by atoms with E-state index in [-0.39, 0.29) is 5.91 Å². The number of amides is 1. The van der Waals surface area contributed by atoms with Crippen molar-refractivity contribution in [3.05, 3.63) is 62.3 Å². The number of rotatable bonds is 1. The zero-order valence-corrected chi connectivity index (χ0v) is 16.1. The minimum atomic E-state index is -0.330. The lowest BCUT2D eigenvalue weighted by Gasteiger charge is -2.27. The quantitative estimate of drug-likeness (QED) is 0.614. The first-order valence-corrected chi connectivity index (χ1v) is 9.95. The zero-order valence-electron chi connectivity index (χ0n) is 15.3. The minimum Gasteiger partial charge on any atom is -0.306 e. The van der Waals surface area contributed by atoms with Crippen molar-refractivity contribution in [1.29, 1.82) is 0 Å². The molecule has 26 heavy (non-hydrogen) atoms. The molecule has 1 fully saturated rings. The number of nitrogens with zero attached hydrogens (tertiary/aromatic N) is 2. The van der Waals surface area contributed by atoms with Crippen LogP contribution in [0.15, 0.2) is 35.9 Å². The fraction of sp³-hybridized carbons (Fsp3) is 0.381. The van der Waals surface area contributed by atoms with Crippen LogP contribution in [0.5, 0.6) is 0 Å². The van der Waals surface area contributed by atoms with E-state index in [2.05, 4.69) is 36.2 Å². The Kier molecular flexibility index (Phi) is 4.69. The molecule has 1 saturated heterocycles. The van der Waals surface area contributed by atoms with Crippen molar-refractivity contribution in [2.75, 3.05) is 27.2 Å². The monoisotopic (exact) mass is 368 g/mol. The normalized spacial score (nSPS) is 17.5. The number of thiophene rings is 1. The molecule has 0 saturated carbocycles. The average molecular weight is 369 g/mol. The fourth-order valence-electron chi connectivity index (χ4n) is 3.99. The number of likely N-dealkylation sites (tertiary alicyclic amines) is 1. The summed E-state index contributed by atoms with van der Waals surface area (Å²) in [4.78, 5) is 16.5. The van der Waals surface area contributed by atoms with E-state index >= 15 is 0 Å². The van der Waals surface area contributed by atoms with Crippen LogP contribution in [0.4, 0.5) is 0 Å². The highest BCUT2D eigenvalue weighted by atomic mass is 32.1. The van der Waals surface area contributed by atoms with Crippen molar-refractivity contribution in [3.8, 4) is 0 Å². The van der Waals surface area contributed by atoms with Crippen molar-refractivity contribution >= 4 is 22.8 Å². The van der Waals surface area contributed by atoms with E-state index in [0.717, 1.165) is 38.8 Å². The molecule has 1 amide bonds. The third-order valence-corrected chi connectivity index (χ3v) is 6.62. The molecule has 0 spiro atoms. The van der Waals surface area contributed by atoms with Crippen LogP contribution in [0.2, 0.25) is 0 Å². The van der Waals surface area contributed by atoms with Crippen LogP contribution >= 0.6 is 11.3 Å². The molecule has 1 aromatic carbocycles. The van der Waals surface area contributed by atoms with Crippen LogP contribution in [0, 0.1) is 0 Å². The number of hydrogen-bond donors (Lipinski definition) is 1. The van der Waals surface area contributed by atoms with Gasteiger partial charge in [0.1, 0.15) is 0 Å². The molecule has 5 heteroatoms. The van der Waals surface area contributed by atoms with Gasteiger partial charge in [0.05, 0.1) is 4.88 Å². The molecule has 1 aromatic heterocycles. The Hall–Kier alpha value is -1.95. The number of aryl methyl sites for hydroxylation is 2. The second kappa shape index (κ2) is 6.99. The third kappa shape index (κ3) is 3.11. The number of piperidine rings is 1. The van der Waals surface area contributed by atoms with Gasteiger partial charge in [-0.25, -0.2) is 5.06 Å². The van der Waals surface area contributed by atoms with Crippen LogP contribution in [-0.4, -0.2) is 48.3 Å². The van der Waals surface area contributed by atoms with Gasteiger partial charge in [-0.15, -0.1) is 11.3 Å². The maximum Gasteiger partial charge on any atom is 0.287 e. The second-order valence-electron chi connectivity index (χ2n) is 7.22. The second-order valence-corrected chi connectivity index (χ2v) is 8.35. The van der Waals surface area contributed by atoms with E-state index in [4.69, 9.17) is 0 Å². The van der Waals surface area contributed by atoms with E-state index in [0.29, 0.717) is 9.94 Å². The lowest BCUT2D eigenvalue weighted by molar-refractivity contribution is -0.0370. The van der Waals surface area contributed by atoms with E-state index < -0.39 is 0 Å². The summed E-state index contributed by atoms with van der Waals surface area (Å²) in [6.07, 6.45) is 4.07. The predicted octanol–water partition coefficient (Wildman–Crippen LogP) is 3.84. The molecular weight excluding hydrogens is 344 g/mol. The Morgan fingerprint density at radius 2 is 1.85 bits per heavy atom. The van der Waals surface area contributed by atoms with Gasteiger partial charge in [-0.1, -0.05) is 29.8 Å². The Morgan fingerprint density at radius 1 is 1.12 bits per heavy atom. The highest BCUT2D eigenvalue weighted by Crippen LogP contribution is 2.41. The molecule has 0 radical (unpaired) electrons. The number of benzene rings is 1. The molecule has 4 rings (SSSR count). The SMILES string of the molecule is CN1CCC(=C2c3ccccc3CCc3sc(C(=O)N(C)O)cc32)CC1. The Labute approximate surface area is 158 Å². The van der Waals surface area contributed by atoms with Crippen molar-refractivity contribution in [2.24, 2.45) is 0 Å². The first-order chi connectivity index (χ1) is 12.5. The number of fused-ring (bicyclic) bond motifs is 2. The minimum absolute atomic E-state index is 0.330. The van der Waals surface area contributed by atoms with Gasteiger partial charge >= 0.3 is 0 Å². The first-order valence-electron chi connectivity index (χ1n) is 9.13. The van der Waals surface area contributed by atoms with E-state index in [9.17, 15) is 10.0 Å². The van der Waals surface area contributed by atoms with E-state index in [1.165, 1.54) is 51.1 Å². The lowest BCUT2D eigenvalue weighted by atomic mass is 9.87. The topological polar surface area (TPSA) is 43.8 Å². The van der Waals surface area contributed by atoms with Crippen LogP contribution in [0.25, 0.3) is 5.57 Å². The van der Waals surface area contributed by atoms with Gasteiger partial charge in [0.15, 0.2) is 0 Å². The molecule has 2 aromatic rings. The Morgan fingerprint density at radius 3 is 2.58 bits per heavy atom. The summed E-state index contributed by atoms with van der Waals surface area (Å²) >= 11 is 1.53. The predicted molar refractivity (Wildman–Crippen MR) is 105 cm³/mol. The molecular formula is C21H24N2O2S. The van der Waals surface area contributed by atoms with Crippen molar-refractivity contribution < 1.29 is 10.0 Å². The van der Waals surface area contributed by atoms with Gasteiger partial charge in [0.25, 0.3) is 5.91 Å². The molecule has 1 aliphatic carbocycles. The maximum absolute atomic E-state index is 12.3. The number of hydrogen-bond acceptors (Lipinski definition) is 4. The van der Waals surface area contributed by atoms with Gasteiger partial charge in [-0.3, -0.25) is 10.0 Å². The fourth-order valence-corrected chi connectivity index (χ4v) is 5.12. The van der Waals surface area contributed by atoms with Gasteiger partial charge in [-0.05, 0) is 61.1 Å². The zero-order chi connectivity index (χ0) is 18.3. The van der Waals surface area contributed by atoms with Crippen LogP contribution < -0.4 is 0 Å². The summed E-state index contributed by atoms with van der Waals surface area (Å²) < 4.78 is 0. The molecule has 0 unspecified atom stereocenters. The molecule has 0 atom stereocenters. The summed E-state index contributed by atoms with van der Waals surface area (Å²) in [7, 11) is 3.56. The molecule has 136 valence electrons. The van der Waals surface area contributed by atoms with E-state index in [1.807, 2.05) is 6.07 Å². The molecule has 1 N–H and O–H groups in total. The van der Waals surface area contributed by atoms with Crippen LogP contribution in [-0.2, 0) is 12.8 Å². The van der Waals surface area contributed by atoms with E-state index in [1.54, 1.807) is 0 Å². The smallest absolute Gasteiger partial charge is 0.287 e. The maximum atomic E-state index is 12.3. The summed E-state index contributed by atoms with van der Waals surface area (Å²) in [5.41, 5.74) is 6.74. The molecule has 2 aliphatic rings. The molecule has 1 aliphatic heterocycles. The van der Waals surface area contributed by atoms with Crippen LogP contribution in [0.1, 0.15) is 44.1 Å². The highest BCUT2D eigenvalue weighted by molar-refractivity contribution is 7.14. The number of carbonyl (C=O) groups is 1. The van der Waals surface area contributed by atoms with Crippen molar-refractivity contribution in [3.63, 3.8) is 0 Å². The Bertz CT molecular complexity index is 872. The summed E-state index contributed by atoms with van der Waals surface area (Å²) in [6.45, 7) is 2.15. The van der Waals surface area contributed by atoms with Gasteiger partial charge in [0, 0.05) is 25.0 Å². The number of hydroxylamine groups is 2. The van der Waals surface area contributed by atoms with Gasteiger partial charge < -0.3 is 4.90 Å². The molecule has 0 bridgehead atoms. The summed E-state index contributed by atoms with van der Waals surface area (Å²) in [5, 5.41) is 10.2. The third-order valence-electron chi connectivity index (χ3n) is 5.44. The first kappa shape index (κ1) is 17.5. The largest absolute Gasteiger partial charge is 0.306 e. The van der Waals surface area contributed by atoms with Gasteiger partial charge in [0.2, 0.25) is 0 Å². The highest BCUT2D eigenvalue weighted by Gasteiger charge is 2.26. The van der Waals surface area contributed by atoms with Gasteiger partial charge in [-0.2, -0.15) is 0 Å². The lowest BCUT2D eigenvalue weighted by Crippen LogP contribution is -2.27. The summed E-state index contributed by atoms with van der Waals surface area (Å²) in [5.74, 6) is -0.330.